The molecule has 0 amide bonds. The number of quaternary nitrogens is 1. The summed E-state index contributed by atoms with van der Waals surface area (Å²) in [7, 11) is 1.43. The molecule has 0 aliphatic carbocycles. The molecule has 60 heavy (non-hydrogen) atoms. The van der Waals surface area contributed by atoms with E-state index in [9.17, 15) is 19.0 Å². The Hall–Kier alpha value is -2.43. The maximum Gasteiger partial charge on any atom is 0.472 e. The molecular weight excluding hydrogens is 781 g/mol. The summed E-state index contributed by atoms with van der Waals surface area (Å²) in [5.74, 6) is 3.73. The molecule has 0 bridgehead atoms. The summed E-state index contributed by atoms with van der Waals surface area (Å²) in [5, 5.41) is 0. The zero-order valence-electron chi connectivity index (χ0n) is 39.4. The van der Waals surface area contributed by atoms with Crippen LogP contribution in [0.15, 0.2) is 8.83 Å². The van der Waals surface area contributed by atoms with E-state index in [2.05, 4.69) is 41.5 Å². The lowest BCUT2D eigenvalue weighted by molar-refractivity contribution is -0.870. The average molecular weight is 867 g/mol. The highest BCUT2D eigenvalue weighted by molar-refractivity contribution is 7.47. The van der Waals surface area contributed by atoms with Crippen LogP contribution in [0.3, 0.4) is 0 Å². The van der Waals surface area contributed by atoms with Gasteiger partial charge in [-0.3, -0.25) is 18.6 Å². The van der Waals surface area contributed by atoms with Gasteiger partial charge in [0.1, 0.15) is 42.8 Å². The molecule has 346 valence electrons. The van der Waals surface area contributed by atoms with Crippen molar-refractivity contribution in [1.82, 2.24) is 0 Å². The number of likely N-dealkylation sites (N-methyl/N-ethyl adjacent to an activating group) is 1. The normalized spacial score (nSPS) is 13.4. The number of unbranched alkanes of at least 4 members (excludes halogenated alkanes) is 14. The first-order chi connectivity index (χ1) is 28.6. The lowest BCUT2D eigenvalue weighted by Gasteiger charge is -2.24. The Morgan fingerprint density at radius 1 is 0.567 bits per heavy atom. The topological polar surface area (TPSA) is 135 Å². The van der Waals surface area contributed by atoms with Gasteiger partial charge in [-0.25, -0.2) is 4.57 Å². The second-order valence-corrected chi connectivity index (χ2v) is 19.4. The van der Waals surface area contributed by atoms with Crippen LogP contribution < -0.4 is 0 Å². The summed E-state index contributed by atoms with van der Waals surface area (Å²) in [4.78, 5) is 35.7. The van der Waals surface area contributed by atoms with Gasteiger partial charge in [-0.05, 0) is 88.5 Å². The Morgan fingerprint density at radius 2 is 0.983 bits per heavy atom. The third kappa shape index (κ3) is 23.1. The number of carbonyl (C=O) groups excluding carboxylic acids is 2. The van der Waals surface area contributed by atoms with Gasteiger partial charge >= 0.3 is 19.8 Å². The molecular formula is C48H85NO10P+. The number of esters is 2. The molecule has 2 aromatic rings. The van der Waals surface area contributed by atoms with Crippen molar-refractivity contribution in [2.24, 2.45) is 0 Å². The van der Waals surface area contributed by atoms with Crippen molar-refractivity contribution in [2.75, 3.05) is 47.5 Å². The predicted octanol–water partition coefficient (Wildman–Crippen LogP) is 12.1. The fourth-order valence-electron chi connectivity index (χ4n) is 7.30. The number of ether oxygens (including phenoxy) is 2. The highest BCUT2D eigenvalue weighted by Gasteiger charge is 2.27. The van der Waals surface area contributed by atoms with E-state index >= 15 is 0 Å². The molecule has 0 fully saturated rings. The summed E-state index contributed by atoms with van der Waals surface area (Å²) in [6.45, 7) is 12.9. The number of furan rings is 2. The molecule has 0 saturated carbocycles. The van der Waals surface area contributed by atoms with Gasteiger partial charge in [-0.15, -0.1) is 0 Å². The molecule has 0 radical (unpaired) electrons. The summed E-state index contributed by atoms with van der Waals surface area (Å²) in [6, 6.07) is 0. The van der Waals surface area contributed by atoms with Gasteiger partial charge in [-0.1, -0.05) is 90.9 Å². The van der Waals surface area contributed by atoms with Crippen molar-refractivity contribution in [2.45, 2.75) is 202 Å². The van der Waals surface area contributed by atoms with Crippen LogP contribution in [0.5, 0.6) is 0 Å². The number of nitrogens with zero attached hydrogens (tertiary/aromatic N) is 1. The van der Waals surface area contributed by atoms with Crippen molar-refractivity contribution < 1.29 is 50.9 Å². The van der Waals surface area contributed by atoms with Crippen LogP contribution in [0.25, 0.3) is 0 Å². The lowest BCUT2D eigenvalue weighted by atomic mass is 10.0. The molecule has 11 nitrogen and oxygen atoms in total. The Balaban J connectivity index is 1.67. The summed E-state index contributed by atoms with van der Waals surface area (Å²) < 4.78 is 46.8. The zero-order chi connectivity index (χ0) is 44.4. The third-order valence-corrected chi connectivity index (χ3v) is 12.5. The number of rotatable bonds is 36. The van der Waals surface area contributed by atoms with Crippen molar-refractivity contribution in [3.63, 3.8) is 0 Å². The van der Waals surface area contributed by atoms with Crippen LogP contribution in [0.1, 0.15) is 188 Å². The fourth-order valence-corrected chi connectivity index (χ4v) is 8.04. The Bertz CT molecular complexity index is 1540. The number of aryl methyl sites for hydroxylation is 4. The quantitative estimate of drug-likeness (QED) is 0.0305. The molecule has 0 saturated heterocycles. The summed E-state index contributed by atoms with van der Waals surface area (Å²) >= 11 is 0. The first-order valence-electron chi connectivity index (χ1n) is 23.5. The van der Waals surface area contributed by atoms with Crippen LogP contribution in [-0.4, -0.2) is 74.9 Å². The van der Waals surface area contributed by atoms with E-state index in [-0.39, 0.29) is 26.1 Å². The van der Waals surface area contributed by atoms with E-state index in [1.807, 2.05) is 21.1 Å². The van der Waals surface area contributed by atoms with Gasteiger partial charge in [-0.2, -0.15) is 0 Å². The smallest absolute Gasteiger partial charge is 0.466 e. The number of phosphoric ester groups is 1. The molecule has 2 rings (SSSR count). The first kappa shape index (κ1) is 53.7. The number of hydrogen-bond donors (Lipinski definition) is 1. The van der Waals surface area contributed by atoms with Gasteiger partial charge in [0.05, 0.1) is 27.7 Å². The average Bonchev–Trinajstić information content (AvgIpc) is 3.61. The van der Waals surface area contributed by atoms with Crippen LogP contribution in [0.4, 0.5) is 0 Å². The Kier molecular flexibility index (Phi) is 26.7. The zero-order valence-corrected chi connectivity index (χ0v) is 40.3. The van der Waals surface area contributed by atoms with E-state index < -0.39 is 32.5 Å². The van der Waals surface area contributed by atoms with Crippen LogP contribution in [0, 0.1) is 27.7 Å². The molecule has 2 aromatic heterocycles. The van der Waals surface area contributed by atoms with E-state index in [1.54, 1.807) is 0 Å². The predicted molar refractivity (Wildman–Crippen MR) is 240 cm³/mol. The number of phosphoric acid groups is 1. The lowest BCUT2D eigenvalue weighted by Crippen LogP contribution is -2.37. The molecule has 12 heteroatoms. The van der Waals surface area contributed by atoms with Gasteiger partial charge in [0.25, 0.3) is 0 Å². The molecule has 2 unspecified atom stereocenters. The second kappa shape index (κ2) is 29.8. The highest BCUT2D eigenvalue weighted by Crippen LogP contribution is 2.43. The molecule has 0 spiro atoms. The maximum absolute atomic E-state index is 12.8. The Labute approximate surface area is 364 Å². The molecule has 0 aliphatic heterocycles. The van der Waals surface area contributed by atoms with Crippen molar-refractivity contribution in [3.8, 4) is 0 Å². The summed E-state index contributed by atoms with van der Waals surface area (Å²) in [6.07, 6.45) is 22.5. The monoisotopic (exact) mass is 867 g/mol. The van der Waals surface area contributed by atoms with Gasteiger partial charge in [0, 0.05) is 38.5 Å². The second-order valence-electron chi connectivity index (χ2n) is 18.0. The summed E-state index contributed by atoms with van der Waals surface area (Å²) in [5.41, 5.74) is 5.23. The molecule has 2 atom stereocenters. The van der Waals surface area contributed by atoms with E-state index in [1.165, 1.54) is 60.8 Å². The van der Waals surface area contributed by atoms with Crippen molar-refractivity contribution in [3.05, 3.63) is 45.3 Å². The van der Waals surface area contributed by atoms with E-state index in [4.69, 9.17) is 27.4 Å². The maximum atomic E-state index is 12.8. The molecule has 0 aromatic carbocycles. The standard InChI is InChI=1S/C48H84NO10P/c1-10-12-23-29-44-40(5)41(6)46(59-44)31-25-20-17-18-22-27-33-48(51)57-42(37-56-60(52,53)55-35-34-49(7,8)9)36-54-47(50)32-26-21-16-14-13-15-19-24-30-45-39(4)38(3)43(58-45)28-11-2/h42H,10-37H2,1-9H3/p+1. The Morgan fingerprint density at radius 3 is 1.43 bits per heavy atom. The molecule has 2 heterocycles. The van der Waals surface area contributed by atoms with Gasteiger partial charge in [0.2, 0.25) is 0 Å². The largest absolute Gasteiger partial charge is 0.472 e. The molecule has 0 aliphatic rings. The minimum Gasteiger partial charge on any atom is -0.466 e. The van der Waals surface area contributed by atoms with E-state index in [0.717, 1.165) is 113 Å². The highest BCUT2D eigenvalue weighted by atomic mass is 31.2. The minimum atomic E-state index is -4.40. The van der Waals surface area contributed by atoms with Crippen molar-refractivity contribution >= 4 is 19.8 Å². The SMILES string of the molecule is CCCCCc1oc(CCCCCCCCC(=O)OC(COC(=O)CCCCCCCCCCc2oc(CCC)c(C)c2C)COP(=O)(O)OCC[N+](C)(C)C)c(C)c1C. The first-order valence-corrected chi connectivity index (χ1v) is 25.0. The third-order valence-electron chi connectivity index (χ3n) is 11.5. The number of carbonyl (C=O) groups is 2. The van der Waals surface area contributed by atoms with Crippen molar-refractivity contribution in [1.29, 1.82) is 0 Å². The van der Waals surface area contributed by atoms with Crippen LogP contribution >= 0.6 is 7.82 Å². The van der Waals surface area contributed by atoms with Crippen LogP contribution in [-0.2, 0) is 58.4 Å². The minimum absolute atomic E-state index is 0.0179. The van der Waals surface area contributed by atoms with Gasteiger partial charge in [0.15, 0.2) is 6.10 Å². The van der Waals surface area contributed by atoms with Gasteiger partial charge < -0.3 is 27.7 Å². The molecule has 1 N–H and O–H groups in total. The fraction of sp³-hybridized carbons (Fsp3) is 0.792. The van der Waals surface area contributed by atoms with E-state index in [0.29, 0.717) is 23.9 Å². The number of hydrogen-bond acceptors (Lipinski definition) is 9. The van der Waals surface area contributed by atoms with Crippen LogP contribution in [0.2, 0.25) is 0 Å².